The molecule has 1 aromatic heterocycles. The first kappa shape index (κ1) is 14.4. The van der Waals surface area contributed by atoms with E-state index in [1.807, 2.05) is 56.5 Å². The van der Waals surface area contributed by atoms with Crippen molar-refractivity contribution in [2.45, 2.75) is 36.7 Å². The van der Waals surface area contributed by atoms with E-state index in [9.17, 15) is 9.32 Å². The first-order valence-electron chi connectivity index (χ1n) is 6.24. The van der Waals surface area contributed by atoms with Gasteiger partial charge in [0.1, 0.15) is 0 Å². The number of aliphatic hydroxyl groups excluding tert-OH is 1. The second-order valence-electron chi connectivity index (χ2n) is 4.92. The third kappa shape index (κ3) is 3.14. The highest BCUT2D eigenvalue weighted by molar-refractivity contribution is 7.85. The van der Waals surface area contributed by atoms with Crippen LogP contribution in [0.25, 0.3) is 0 Å². The lowest BCUT2D eigenvalue weighted by Gasteiger charge is -2.14. The summed E-state index contributed by atoms with van der Waals surface area (Å²) in [5.74, 6) is 0.118. The highest BCUT2D eigenvalue weighted by atomic mass is 32.2. The van der Waals surface area contributed by atoms with Crippen molar-refractivity contribution in [2.75, 3.05) is 0 Å². The lowest BCUT2D eigenvalue weighted by atomic mass is 10.1. The zero-order valence-corrected chi connectivity index (χ0v) is 12.9. The van der Waals surface area contributed by atoms with Crippen molar-refractivity contribution in [1.29, 1.82) is 0 Å². The molecule has 19 heavy (non-hydrogen) atoms. The van der Waals surface area contributed by atoms with Crippen molar-refractivity contribution in [1.82, 2.24) is 0 Å². The molecule has 0 bridgehead atoms. The fraction of sp³-hybridized carbons (Fsp3) is 0.333. The van der Waals surface area contributed by atoms with Gasteiger partial charge in [-0.3, -0.25) is 0 Å². The summed E-state index contributed by atoms with van der Waals surface area (Å²) < 4.78 is 12.6. The van der Waals surface area contributed by atoms with Crippen molar-refractivity contribution < 1.29 is 9.32 Å². The first-order valence-corrected chi connectivity index (χ1v) is 8.27. The number of thiophene rings is 1. The molecule has 0 aliphatic rings. The van der Waals surface area contributed by atoms with Crippen LogP contribution in [0.5, 0.6) is 0 Å². The smallest absolute Gasteiger partial charge is 0.0917 e. The Morgan fingerprint density at radius 1 is 1.16 bits per heavy atom. The monoisotopic (exact) mass is 294 g/mol. The van der Waals surface area contributed by atoms with Gasteiger partial charge in [-0.1, -0.05) is 31.5 Å². The van der Waals surface area contributed by atoms with E-state index in [0.29, 0.717) is 0 Å². The molecule has 4 heteroatoms. The van der Waals surface area contributed by atoms with Gasteiger partial charge in [-0.2, -0.15) is 0 Å². The van der Waals surface area contributed by atoms with Gasteiger partial charge in [0.2, 0.25) is 0 Å². The van der Waals surface area contributed by atoms with E-state index < -0.39 is 16.9 Å². The van der Waals surface area contributed by atoms with Crippen LogP contribution in [0.15, 0.2) is 45.5 Å². The zero-order valence-electron chi connectivity index (χ0n) is 11.3. The third-order valence-corrected chi connectivity index (χ3v) is 5.56. The normalized spacial score (nSPS) is 14.6. The molecule has 2 aromatic rings. The first-order chi connectivity index (χ1) is 9.00. The van der Waals surface area contributed by atoms with Gasteiger partial charge < -0.3 is 5.11 Å². The highest BCUT2D eigenvalue weighted by Crippen LogP contribution is 2.33. The standard InChI is InChI=1S/C15H18O2S2/c1-10(2)14(16)15-13(8-9-18-15)19(17)12-6-4-11(3)5-7-12/h4-10,14,16H,1-3H3/t14-,19-/m0/s1. The lowest BCUT2D eigenvalue weighted by molar-refractivity contribution is 0.128. The van der Waals surface area contributed by atoms with Crippen LogP contribution in [0.1, 0.15) is 30.4 Å². The average molecular weight is 294 g/mol. The minimum Gasteiger partial charge on any atom is -0.387 e. The maximum absolute atomic E-state index is 12.6. The summed E-state index contributed by atoms with van der Waals surface area (Å²) in [6, 6.07) is 9.53. The van der Waals surface area contributed by atoms with Crippen LogP contribution in [0.4, 0.5) is 0 Å². The molecular formula is C15H18O2S2. The molecule has 2 nitrogen and oxygen atoms in total. The molecule has 0 spiro atoms. The van der Waals surface area contributed by atoms with Crippen molar-refractivity contribution in [3.63, 3.8) is 0 Å². The Balaban J connectivity index is 2.35. The van der Waals surface area contributed by atoms with Gasteiger partial charge in [-0.05, 0) is 36.4 Å². The number of benzene rings is 1. The molecule has 1 N–H and O–H groups in total. The number of rotatable bonds is 4. The molecule has 2 atom stereocenters. The van der Waals surface area contributed by atoms with Crippen LogP contribution in [-0.2, 0) is 10.8 Å². The van der Waals surface area contributed by atoms with E-state index in [2.05, 4.69) is 0 Å². The molecule has 0 aliphatic heterocycles. The fourth-order valence-electron chi connectivity index (χ4n) is 1.77. The molecule has 0 fully saturated rings. The minimum absolute atomic E-state index is 0.118. The van der Waals surface area contributed by atoms with Crippen LogP contribution in [0.3, 0.4) is 0 Å². The van der Waals surface area contributed by atoms with Crippen molar-refractivity contribution in [3.05, 3.63) is 46.2 Å². The van der Waals surface area contributed by atoms with E-state index in [1.165, 1.54) is 11.3 Å². The number of aliphatic hydroxyl groups is 1. The summed E-state index contributed by atoms with van der Waals surface area (Å²) >= 11 is 1.47. The molecule has 0 radical (unpaired) electrons. The summed E-state index contributed by atoms with van der Waals surface area (Å²) in [6.07, 6.45) is -0.551. The zero-order chi connectivity index (χ0) is 14.0. The molecule has 2 rings (SSSR count). The third-order valence-electron chi connectivity index (χ3n) is 2.99. The van der Waals surface area contributed by atoms with E-state index in [-0.39, 0.29) is 5.92 Å². The fourth-order valence-corrected chi connectivity index (χ4v) is 4.31. The highest BCUT2D eigenvalue weighted by Gasteiger charge is 2.21. The van der Waals surface area contributed by atoms with Gasteiger partial charge in [0.25, 0.3) is 0 Å². The molecule has 0 saturated heterocycles. The molecule has 0 amide bonds. The van der Waals surface area contributed by atoms with Crippen LogP contribution in [0.2, 0.25) is 0 Å². The summed E-state index contributed by atoms with van der Waals surface area (Å²) in [5, 5.41) is 12.1. The molecule has 0 saturated carbocycles. The average Bonchev–Trinajstić information content (AvgIpc) is 2.86. The number of hydrogen-bond donors (Lipinski definition) is 1. The summed E-state index contributed by atoms with van der Waals surface area (Å²) in [6.45, 7) is 5.93. The summed E-state index contributed by atoms with van der Waals surface area (Å²) in [4.78, 5) is 2.32. The molecular weight excluding hydrogens is 276 g/mol. The van der Waals surface area contributed by atoms with E-state index in [0.717, 1.165) is 20.2 Å². The Bertz CT molecular complexity index is 570. The van der Waals surface area contributed by atoms with Gasteiger partial charge in [0.05, 0.1) is 21.8 Å². The summed E-state index contributed by atoms with van der Waals surface area (Å²) in [5.41, 5.74) is 1.15. The molecule has 1 heterocycles. The Kier molecular flexibility index (Phi) is 4.55. The maximum atomic E-state index is 12.6. The van der Waals surface area contributed by atoms with Gasteiger partial charge in [0.15, 0.2) is 0 Å². The molecule has 102 valence electrons. The van der Waals surface area contributed by atoms with Crippen molar-refractivity contribution >= 4 is 22.1 Å². The van der Waals surface area contributed by atoms with Crippen molar-refractivity contribution in [3.8, 4) is 0 Å². The molecule has 1 aromatic carbocycles. The van der Waals surface area contributed by atoms with Crippen LogP contribution in [-0.4, -0.2) is 9.32 Å². The SMILES string of the molecule is Cc1ccc([S@](=O)c2ccsc2[C@@H](O)C(C)C)cc1. The van der Waals surface area contributed by atoms with Crippen LogP contribution in [0, 0.1) is 12.8 Å². The topological polar surface area (TPSA) is 37.3 Å². The predicted molar refractivity (Wildman–Crippen MR) is 80.0 cm³/mol. The Morgan fingerprint density at radius 3 is 2.37 bits per heavy atom. The van der Waals surface area contributed by atoms with Crippen LogP contribution >= 0.6 is 11.3 Å². The second-order valence-corrected chi connectivity index (χ2v) is 7.32. The minimum atomic E-state index is -1.22. The van der Waals surface area contributed by atoms with Gasteiger partial charge in [-0.15, -0.1) is 11.3 Å². The second kappa shape index (κ2) is 5.99. The van der Waals surface area contributed by atoms with Crippen LogP contribution < -0.4 is 0 Å². The summed E-state index contributed by atoms with van der Waals surface area (Å²) in [7, 11) is -1.22. The van der Waals surface area contributed by atoms with Gasteiger partial charge in [-0.25, -0.2) is 4.21 Å². The molecule has 0 unspecified atom stereocenters. The number of aryl methyl sites for hydroxylation is 1. The van der Waals surface area contributed by atoms with E-state index >= 15 is 0 Å². The maximum Gasteiger partial charge on any atom is 0.0917 e. The Morgan fingerprint density at radius 2 is 1.79 bits per heavy atom. The lowest BCUT2D eigenvalue weighted by Crippen LogP contribution is -2.06. The quantitative estimate of drug-likeness (QED) is 0.928. The van der Waals surface area contributed by atoms with Gasteiger partial charge >= 0.3 is 0 Å². The Labute approximate surface area is 120 Å². The predicted octanol–water partition coefficient (Wildman–Crippen LogP) is 3.91. The van der Waals surface area contributed by atoms with Crippen molar-refractivity contribution in [2.24, 2.45) is 5.92 Å². The molecule has 0 aliphatic carbocycles. The largest absolute Gasteiger partial charge is 0.387 e. The number of hydrogen-bond acceptors (Lipinski definition) is 3. The Hall–Kier alpha value is -0.970. The van der Waals surface area contributed by atoms with E-state index in [1.54, 1.807) is 0 Å². The van der Waals surface area contributed by atoms with E-state index in [4.69, 9.17) is 0 Å². The van der Waals surface area contributed by atoms with Gasteiger partial charge in [0, 0.05) is 9.77 Å².